The van der Waals surface area contributed by atoms with E-state index < -0.39 is 0 Å². The van der Waals surface area contributed by atoms with E-state index in [1.165, 1.54) is 10.4 Å². The summed E-state index contributed by atoms with van der Waals surface area (Å²) in [5, 5.41) is 2.10. The van der Waals surface area contributed by atoms with Crippen LogP contribution in [0.1, 0.15) is 28.3 Å². The number of hydrogen-bond donors (Lipinski definition) is 1. The predicted octanol–water partition coefficient (Wildman–Crippen LogP) is 4.84. The van der Waals surface area contributed by atoms with Crippen LogP contribution in [0.5, 0.6) is 0 Å². The maximum Gasteiger partial charge on any atom is 0.107 e. The summed E-state index contributed by atoms with van der Waals surface area (Å²) in [6, 6.07) is 4.10. The molecule has 0 aliphatic heterocycles. The summed E-state index contributed by atoms with van der Waals surface area (Å²) in [7, 11) is 0. The molecular weight excluding hydrogens is 326 g/mol. The van der Waals surface area contributed by atoms with Gasteiger partial charge in [-0.2, -0.15) is 0 Å². The number of rotatable bonds is 3. The summed E-state index contributed by atoms with van der Waals surface area (Å²) in [6.45, 7) is 2.15. The quantitative estimate of drug-likeness (QED) is 0.853. The first kappa shape index (κ1) is 12.6. The standard InChI is InChI=1S/C11H11BrClNS2/c1-2-6-3-4-15-10(6)9(14)8-5-7(12)11(13)16-8/h3-5,9H,2,14H2,1H3. The third-order valence-electron chi connectivity index (χ3n) is 2.41. The molecule has 1 nitrogen and oxygen atoms in total. The van der Waals surface area contributed by atoms with Crippen molar-refractivity contribution in [1.29, 1.82) is 0 Å². The lowest BCUT2D eigenvalue weighted by atomic mass is 10.1. The van der Waals surface area contributed by atoms with Crippen molar-refractivity contribution in [3.05, 3.63) is 41.6 Å². The highest BCUT2D eigenvalue weighted by Crippen LogP contribution is 2.38. The van der Waals surface area contributed by atoms with Crippen LogP contribution in [-0.4, -0.2) is 0 Å². The predicted molar refractivity (Wildman–Crippen MR) is 76.8 cm³/mol. The highest BCUT2D eigenvalue weighted by atomic mass is 79.9. The Kier molecular flexibility index (Phi) is 4.08. The molecule has 0 saturated heterocycles. The molecule has 0 bridgehead atoms. The average molecular weight is 337 g/mol. The molecule has 1 atom stereocenters. The van der Waals surface area contributed by atoms with Crippen molar-refractivity contribution in [3.63, 3.8) is 0 Å². The minimum Gasteiger partial charge on any atom is -0.319 e. The fraction of sp³-hybridized carbons (Fsp3) is 0.273. The molecule has 0 aliphatic rings. The van der Waals surface area contributed by atoms with Gasteiger partial charge < -0.3 is 5.73 Å². The molecule has 2 aromatic rings. The molecule has 1 unspecified atom stereocenters. The molecule has 16 heavy (non-hydrogen) atoms. The van der Waals surface area contributed by atoms with Gasteiger partial charge in [0.25, 0.3) is 0 Å². The lowest BCUT2D eigenvalue weighted by molar-refractivity contribution is 0.894. The molecule has 0 aliphatic carbocycles. The first-order valence-corrected chi connectivity index (χ1v) is 7.76. The van der Waals surface area contributed by atoms with Crippen molar-refractivity contribution in [2.75, 3.05) is 0 Å². The summed E-state index contributed by atoms with van der Waals surface area (Å²) >= 11 is 12.7. The number of hydrogen-bond acceptors (Lipinski definition) is 3. The Hall–Kier alpha value is 0.130. The first-order chi connectivity index (χ1) is 7.63. The third kappa shape index (κ3) is 2.36. The molecule has 2 heterocycles. The summed E-state index contributed by atoms with van der Waals surface area (Å²) in [6.07, 6.45) is 1.02. The molecule has 2 N–H and O–H groups in total. The van der Waals surface area contributed by atoms with Crippen LogP contribution in [0.3, 0.4) is 0 Å². The monoisotopic (exact) mass is 335 g/mol. The van der Waals surface area contributed by atoms with Crippen molar-refractivity contribution in [2.24, 2.45) is 5.73 Å². The number of nitrogens with two attached hydrogens (primary N) is 1. The van der Waals surface area contributed by atoms with Crippen LogP contribution < -0.4 is 5.73 Å². The fourth-order valence-corrected chi connectivity index (χ4v) is 4.40. The number of halogens is 2. The van der Waals surface area contributed by atoms with Gasteiger partial charge in [-0.05, 0) is 45.4 Å². The summed E-state index contributed by atoms with van der Waals surface area (Å²) in [5.41, 5.74) is 7.59. The van der Waals surface area contributed by atoms with Gasteiger partial charge in [-0.15, -0.1) is 22.7 Å². The zero-order chi connectivity index (χ0) is 11.7. The molecule has 0 spiro atoms. The Balaban J connectivity index is 2.35. The van der Waals surface area contributed by atoms with Crippen LogP contribution >= 0.6 is 50.2 Å². The second kappa shape index (κ2) is 5.19. The van der Waals surface area contributed by atoms with Crippen molar-refractivity contribution in [1.82, 2.24) is 0 Å². The SMILES string of the molecule is CCc1ccsc1C(N)c1cc(Br)c(Cl)s1. The topological polar surface area (TPSA) is 26.0 Å². The van der Waals surface area contributed by atoms with E-state index in [0.717, 1.165) is 20.1 Å². The lowest BCUT2D eigenvalue weighted by Gasteiger charge is -2.09. The van der Waals surface area contributed by atoms with Gasteiger partial charge in [0.1, 0.15) is 4.34 Å². The van der Waals surface area contributed by atoms with E-state index in [1.54, 1.807) is 22.7 Å². The normalized spacial score (nSPS) is 13.0. The average Bonchev–Trinajstić information content (AvgIpc) is 2.85. The van der Waals surface area contributed by atoms with E-state index in [0.29, 0.717) is 0 Å². The zero-order valence-corrected chi connectivity index (χ0v) is 12.6. The van der Waals surface area contributed by atoms with Gasteiger partial charge in [0.2, 0.25) is 0 Å². The maximum absolute atomic E-state index is 6.26. The number of thiophene rings is 2. The van der Waals surface area contributed by atoms with E-state index in [-0.39, 0.29) is 6.04 Å². The van der Waals surface area contributed by atoms with Gasteiger partial charge in [0.15, 0.2) is 0 Å². The molecule has 2 aromatic heterocycles. The smallest absolute Gasteiger partial charge is 0.107 e. The summed E-state index contributed by atoms with van der Waals surface area (Å²) in [5.74, 6) is 0. The molecule has 0 aromatic carbocycles. The number of aryl methyl sites for hydroxylation is 1. The zero-order valence-electron chi connectivity index (χ0n) is 8.67. The largest absolute Gasteiger partial charge is 0.319 e. The Morgan fingerprint density at radius 1 is 1.56 bits per heavy atom. The minimum absolute atomic E-state index is 0.0521. The van der Waals surface area contributed by atoms with Crippen LogP contribution in [-0.2, 0) is 6.42 Å². The van der Waals surface area contributed by atoms with E-state index in [4.69, 9.17) is 17.3 Å². The van der Waals surface area contributed by atoms with Gasteiger partial charge in [0.05, 0.1) is 6.04 Å². The molecule has 5 heteroatoms. The van der Waals surface area contributed by atoms with Gasteiger partial charge in [0, 0.05) is 14.2 Å². The second-order valence-electron chi connectivity index (χ2n) is 3.41. The van der Waals surface area contributed by atoms with Crippen molar-refractivity contribution in [3.8, 4) is 0 Å². The molecule has 2 rings (SSSR count). The highest BCUT2D eigenvalue weighted by molar-refractivity contribution is 9.10. The van der Waals surface area contributed by atoms with Crippen LogP contribution in [0.25, 0.3) is 0 Å². The molecule has 0 fully saturated rings. The Bertz CT molecular complexity index is 472. The van der Waals surface area contributed by atoms with Gasteiger partial charge in [-0.1, -0.05) is 18.5 Å². The van der Waals surface area contributed by atoms with Crippen molar-refractivity contribution >= 4 is 50.2 Å². The van der Waals surface area contributed by atoms with E-state index in [1.807, 2.05) is 6.07 Å². The second-order valence-corrected chi connectivity index (χ2v) is 6.90. The Labute approximate surface area is 116 Å². The summed E-state index contributed by atoms with van der Waals surface area (Å²) in [4.78, 5) is 2.35. The van der Waals surface area contributed by atoms with E-state index >= 15 is 0 Å². The van der Waals surface area contributed by atoms with Crippen molar-refractivity contribution in [2.45, 2.75) is 19.4 Å². The fourth-order valence-electron chi connectivity index (χ4n) is 1.56. The minimum atomic E-state index is -0.0521. The third-order valence-corrected chi connectivity index (χ3v) is 6.01. The Morgan fingerprint density at radius 3 is 2.88 bits per heavy atom. The van der Waals surface area contributed by atoms with Gasteiger partial charge in [-0.3, -0.25) is 0 Å². The summed E-state index contributed by atoms with van der Waals surface area (Å²) < 4.78 is 1.69. The molecule has 0 saturated carbocycles. The van der Waals surface area contributed by atoms with Gasteiger partial charge in [-0.25, -0.2) is 0 Å². The Morgan fingerprint density at radius 2 is 2.31 bits per heavy atom. The lowest BCUT2D eigenvalue weighted by Crippen LogP contribution is -2.10. The van der Waals surface area contributed by atoms with Gasteiger partial charge >= 0.3 is 0 Å². The molecule has 0 radical (unpaired) electrons. The first-order valence-electron chi connectivity index (χ1n) is 4.90. The van der Waals surface area contributed by atoms with E-state index in [9.17, 15) is 0 Å². The molecule has 86 valence electrons. The highest BCUT2D eigenvalue weighted by Gasteiger charge is 2.17. The van der Waals surface area contributed by atoms with E-state index in [2.05, 4.69) is 34.3 Å². The van der Waals surface area contributed by atoms with Crippen LogP contribution in [0.4, 0.5) is 0 Å². The maximum atomic E-state index is 6.26. The molecule has 0 amide bonds. The van der Waals surface area contributed by atoms with Crippen LogP contribution in [0.15, 0.2) is 22.0 Å². The van der Waals surface area contributed by atoms with Crippen LogP contribution in [0.2, 0.25) is 4.34 Å². The van der Waals surface area contributed by atoms with Crippen LogP contribution in [0, 0.1) is 0 Å². The van der Waals surface area contributed by atoms with Crippen molar-refractivity contribution < 1.29 is 0 Å². The molecular formula is C11H11BrClNS2.